The van der Waals surface area contributed by atoms with E-state index in [0.717, 1.165) is 42.9 Å². The van der Waals surface area contributed by atoms with Crippen LogP contribution < -0.4 is 14.8 Å². The van der Waals surface area contributed by atoms with Crippen LogP contribution in [0.1, 0.15) is 27.9 Å². The van der Waals surface area contributed by atoms with Gasteiger partial charge in [0.1, 0.15) is 0 Å². The van der Waals surface area contributed by atoms with Crippen LogP contribution in [0.25, 0.3) is 12.2 Å². The molecule has 4 nitrogen and oxygen atoms in total. The van der Waals surface area contributed by atoms with E-state index >= 15 is 0 Å². The molecule has 0 aliphatic rings. The van der Waals surface area contributed by atoms with Crippen molar-refractivity contribution in [3.63, 3.8) is 0 Å². The first kappa shape index (κ1) is 23.8. The second-order valence-electron chi connectivity index (χ2n) is 7.67. The number of carbonyl (C=O) groups is 1. The minimum atomic E-state index is 0.126. The Labute approximate surface area is 196 Å². The summed E-state index contributed by atoms with van der Waals surface area (Å²) >= 11 is 1.36. The smallest absolute Gasteiger partial charge is 0.219 e. The molecule has 0 amide bonds. The first-order valence-corrected chi connectivity index (χ1v) is 12.0. The molecule has 1 heterocycles. The maximum atomic E-state index is 12.2. The highest BCUT2D eigenvalue weighted by Gasteiger charge is 2.08. The second kappa shape index (κ2) is 12.8. The zero-order chi connectivity index (χ0) is 22.6. The van der Waals surface area contributed by atoms with Gasteiger partial charge in [-0.15, -0.1) is 0 Å². The molecule has 5 heteroatoms. The van der Waals surface area contributed by atoms with Gasteiger partial charge in [-0.25, -0.2) is 4.57 Å². The van der Waals surface area contributed by atoms with E-state index in [0.29, 0.717) is 0 Å². The summed E-state index contributed by atoms with van der Waals surface area (Å²) < 4.78 is 2.11. The normalized spacial score (nSPS) is 11.1. The van der Waals surface area contributed by atoms with Crippen LogP contribution in [-0.4, -0.2) is 38.1 Å². The number of anilines is 1. The Kier molecular flexibility index (Phi) is 9.54. The van der Waals surface area contributed by atoms with Gasteiger partial charge in [0, 0.05) is 37.0 Å². The average Bonchev–Trinajstić information content (AvgIpc) is 2.84. The van der Waals surface area contributed by atoms with Crippen LogP contribution in [0, 0.1) is 0 Å². The van der Waals surface area contributed by atoms with Crippen molar-refractivity contribution in [1.82, 2.24) is 5.32 Å². The maximum absolute atomic E-state index is 12.2. The second-order valence-corrected chi connectivity index (χ2v) is 8.74. The fraction of sp³-hybridized carbons (Fsp3) is 0.259. The Morgan fingerprint density at radius 2 is 1.62 bits per heavy atom. The van der Waals surface area contributed by atoms with E-state index in [-0.39, 0.29) is 5.12 Å². The zero-order valence-corrected chi connectivity index (χ0v) is 19.7. The maximum Gasteiger partial charge on any atom is 0.219 e. The van der Waals surface area contributed by atoms with Gasteiger partial charge in [-0.2, -0.15) is 0 Å². The summed E-state index contributed by atoms with van der Waals surface area (Å²) in [6.07, 6.45) is 9.53. The predicted octanol–water partition coefficient (Wildman–Crippen LogP) is 4.76. The number of pyridine rings is 1. The summed E-state index contributed by atoms with van der Waals surface area (Å²) in [4.78, 5) is 14.4. The van der Waals surface area contributed by atoms with Crippen LogP contribution in [0.15, 0.2) is 79.1 Å². The molecule has 0 unspecified atom stereocenters. The Balaban J connectivity index is 1.46. The molecule has 0 saturated carbocycles. The fourth-order valence-electron chi connectivity index (χ4n) is 3.28. The van der Waals surface area contributed by atoms with Crippen LogP contribution in [0.5, 0.6) is 0 Å². The molecule has 0 spiro atoms. The van der Waals surface area contributed by atoms with Crippen LogP contribution in [0.2, 0.25) is 0 Å². The average molecular weight is 447 g/mol. The van der Waals surface area contributed by atoms with Gasteiger partial charge < -0.3 is 10.2 Å². The van der Waals surface area contributed by atoms with E-state index in [1.165, 1.54) is 23.0 Å². The van der Waals surface area contributed by atoms with Crippen molar-refractivity contribution in [2.45, 2.75) is 13.0 Å². The summed E-state index contributed by atoms with van der Waals surface area (Å²) in [5.74, 6) is 0.753. The molecule has 0 atom stereocenters. The summed E-state index contributed by atoms with van der Waals surface area (Å²) in [6.45, 7) is 2.88. The fourth-order valence-corrected chi connectivity index (χ4v) is 4.08. The highest BCUT2D eigenvalue weighted by atomic mass is 32.2. The van der Waals surface area contributed by atoms with Crippen molar-refractivity contribution in [2.75, 3.05) is 37.8 Å². The minimum Gasteiger partial charge on any atom is -0.375 e. The molecule has 0 saturated heterocycles. The van der Waals surface area contributed by atoms with Gasteiger partial charge in [0.2, 0.25) is 5.12 Å². The van der Waals surface area contributed by atoms with Gasteiger partial charge in [-0.1, -0.05) is 66.4 Å². The van der Waals surface area contributed by atoms with Crippen molar-refractivity contribution in [2.24, 2.45) is 0 Å². The highest BCUT2D eigenvalue weighted by Crippen LogP contribution is 2.16. The topological polar surface area (TPSA) is 36.2 Å². The molecule has 3 aromatic rings. The summed E-state index contributed by atoms with van der Waals surface area (Å²) in [7, 11) is 4.12. The summed E-state index contributed by atoms with van der Waals surface area (Å²) in [5.41, 5.74) is 4.34. The lowest BCUT2D eigenvalue weighted by Crippen LogP contribution is -2.34. The molecule has 1 N–H and O–H groups in total. The number of nitrogens with one attached hydrogen (secondary N) is 1. The van der Waals surface area contributed by atoms with Crippen molar-refractivity contribution in [3.8, 4) is 0 Å². The van der Waals surface area contributed by atoms with E-state index in [9.17, 15) is 4.79 Å². The quantitative estimate of drug-likeness (QED) is 0.340. The van der Waals surface area contributed by atoms with Gasteiger partial charge in [-0.05, 0) is 43.3 Å². The lowest BCUT2D eigenvalue weighted by molar-refractivity contribution is -0.692. The Bertz CT molecular complexity index is 986. The van der Waals surface area contributed by atoms with Crippen molar-refractivity contribution < 1.29 is 9.36 Å². The molecular formula is C27H32N3OS+. The first-order valence-electron chi connectivity index (χ1n) is 11.0. The number of carbonyl (C=O) groups excluding carboxylic acids is 1. The molecule has 2 aromatic carbocycles. The van der Waals surface area contributed by atoms with Gasteiger partial charge in [0.05, 0.1) is 5.75 Å². The molecule has 0 fully saturated rings. The molecule has 0 aliphatic carbocycles. The summed E-state index contributed by atoms with van der Waals surface area (Å²) in [6, 6.07) is 22.3. The molecule has 166 valence electrons. The van der Waals surface area contributed by atoms with E-state index < -0.39 is 0 Å². The highest BCUT2D eigenvalue weighted by molar-refractivity contribution is 8.14. The molecular weight excluding hydrogens is 414 g/mol. The standard InChI is InChI=1S/C27H32N3OS/c1-28-17-6-18-29(2)26-13-11-23(12-14-26)9-10-24-15-19-30(20-16-24)21-22-32-27(31)25-7-4-3-5-8-25/h3-5,7-16,19-20,28H,6,17-18,21-22H2,1-2H3/q+1. The van der Waals surface area contributed by atoms with Gasteiger partial charge >= 0.3 is 0 Å². The number of rotatable bonds is 11. The number of thioether (sulfide) groups is 1. The first-order chi connectivity index (χ1) is 15.7. The van der Waals surface area contributed by atoms with Crippen molar-refractivity contribution >= 4 is 34.7 Å². The molecule has 0 bridgehead atoms. The Morgan fingerprint density at radius 3 is 2.28 bits per heavy atom. The number of hydrogen-bond donors (Lipinski definition) is 1. The molecule has 0 radical (unpaired) electrons. The number of aromatic nitrogens is 1. The minimum absolute atomic E-state index is 0.126. The van der Waals surface area contributed by atoms with E-state index in [1.54, 1.807) is 0 Å². The van der Waals surface area contributed by atoms with E-state index in [1.807, 2.05) is 37.4 Å². The Hall–Kier alpha value is -2.89. The Morgan fingerprint density at radius 1 is 0.969 bits per heavy atom. The number of benzene rings is 2. The molecule has 32 heavy (non-hydrogen) atoms. The van der Waals surface area contributed by atoms with Crippen LogP contribution in [0.4, 0.5) is 5.69 Å². The van der Waals surface area contributed by atoms with Gasteiger partial charge in [0.15, 0.2) is 18.9 Å². The lowest BCUT2D eigenvalue weighted by Gasteiger charge is -2.19. The SMILES string of the molecule is CNCCCN(C)c1ccc(/C=C/c2cc[n+](CCSC(=O)c3ccccc3)cc2)cc1. The molecule has 0 aliphatic heterocycles. The number of hydrogen-bond acceptors (Lipinski definition) is 4. The van der Waals surface area contributed by atoms with Crippen LogP contribution in [0.3, 0.4) is 0 Å². The largest absolute Gasteiger partial charge is 0.375 e. The number of aryl methyl sites for hydroxylation is 1. The third kappa shape index (κ3) is 7.66. The lowest BCUT2D eigenvalue weighted by atomic mass is 10.1. The molecule has 3 rings (SSSR count). The van der Waals surface area contributed by atoms with E-state index in [4.69, 9.17) is 0 Å². The van der Waals surface area contributed by atoms with Crippen molar-refractivity contribution in [3.05, 3.63) is 95.8 Å². The van der Waals surface area contributed by atoms with Crippen LogP contribution in [-0.2, 0) is 6.54 Å². The van der Waals surface area contributed by atoms with Gasteiger partial charge in [0.25, 0.3) is 0 Å². The summed E-state index contributed by atoms with van der Waals surface area (Å²) in [5, 5.41) is 3.31. The zero-order valence-electron chi connectivity index (χ0n) is 18.9. The van der Waals surface area contributed by atoms with Gasteiger partial charge in [-0.3, -0.25) is 4.79 Å². The number of nitrogens with zero attached hydrogens (tertiary/aromatic N) is 2. The third-order valence-electron chi connectivity index (χ3n) is 5.23. The predicted molar refractivity (Wildman–Crippen MR) is 137 cm³/mol. The van der Waals surface area contributed by atoms with E-state index in [2.05, 4.69) is 82.8 Å². The van der Waals surface area contributed by atoms with Crippen molar-refractivity contribution in [1.29, 1.82) is 0 Å². The third-order valence-corrected chi connectivity index (χ3v) is 6.12. The molecule has 1 aromatic heterocycles. The monoisotopic (exact) mass is 446 g/mol. The van der Waals surface area contributed by atoms with Crippen LogP contribution >= 0.6 is 11.8 Å².